The van der Waals surface area contributed by atoms with Gasteiger partial charge >= 0.3 is 0 Å². The van der Waals surface area contributed by atoms with Crippen molar-refractivity contribution in [2.45, 2.75) is 24.9 Å². The van der Waals surface area contributed by atoms with Crippen molar-refractivity contribution in [1.29, 1.82) is 0 Å². The normalized spacial score (nSPS) is 19.6. The summed E-state index contributed by atoms with van der Waals surface area (Å²) < 4.78 is 25.2. The van der Waals surface area contributed by atoms with E-state index >= 15 is 0 Å². The van der Waals surface area contributed by atoms with Gasteiger partial charge in [-0.05, 0) is 5.92 Å². The quantitative estimate of drug-likeness (QED) is 0.760. The Hall–Kier alpha value is -1.45. The van der Waals surface area contributed by atoms with Gasteiger partial charge in [-0.1, -0.05) is 17.5 Å². The molecule has 7 heteroatoms. The molecule has 1 heterocycles. The van der Waals surface area contributed by atoms with Gasteiger partial charge in [-0.3, -0.25) is 0 Å². The molecule has 0 aliphatic heterocycles. The summed E-state index contributed by atoms with van der Waals surface area (Å²) >= 11 is 5.73. The highest BCUT2D eigenvalue weighted by Gasteiger charge is 2.47. The van der Waals surface area contributed by atoms with Crippen LogP contribution in [0.3, 0.4) is 0 Å². The number of hydrogen-bond acceptors (Lipinski definition) is 4. The van der Waals surface area contributed by atoms with E-state index in [4.69, 9.17) is 17.3 Å². The van der Waals surface area contributed by atoms with E-state index in [2.05, 4.69) is 21.8 Å². The molecule has 1 aliphatic rings. The fourth-order valence-corrected chi connectivity index (χ4v) is 1.85. The van der Waals surface area contributed by atoms with Gasteiger partial charge in [0.05, 0.1) is 6.20 Å². The number of aliphatic hydroxyl groups is 1. The molecule has 1 aromatic rings. The Kier molecular flexibility index (Phi) is 3.37. The fourth-order valence-electron chi connectivity index (χ4n) is 1.65. The minimum absolute atomic E-state index is 0.0219. The van der Waals surface area contributed by atoms with Crippen LogP contribution in [0, 0.1) is 17.8 Å². The summed E-state index contributed by atoms with van der Waals surface area (Å²) in [6.45, 7) is 0. The Balaban J connectivity index is 2.04. The lowest BCUT2D eigenvalue weighted by Gasteiger charge is -2.36. The molecular weight excluding hydrogens is 264 g/mol. The zero-order valence-electron chi connectivity index (χ0n) is 9.20. The van der Waals surface area contributed by atoms with Crippen molar-refractivity contribution >= 4 is 17.4 Å². The van der Waals surface area contributed by atoms with Gasteiger partial charge in [0.25, 0.3) is 0 Å². The molecule has 3 N–H and O–H groups in total. The summed E-state index contributed by atoms with van der Waals surface area (Å²) in [7, 11) is 0. The molecule has 0 saturated heterocycles. The Labute approximate surface area is 107 Å². The van der Waals surface area contributed by atoms with Crippen molar-refractivity contribution in [1.82, 2.24) is 9.97 Å². The van der Waals surface area contributed by atoms with Crippen LogP contribution >= 0.6 is 11.6 Å². The number of alkyl halides is 2. The Morgan fingerprint density at radius 2 is 2.22 bits per heavy atom. The molecule has 0 aromatic carbocycles. The van der Waals surface area contributed by atoms with Crippen molar-refractivity contribution in [3.8, 4) is 11.8 Å². The lowest BCUT2D eigenvalue weighted by atomic mass is 9.78. The highest BCUT2D eigenvalue weighted by atomic mass is 35.5. The fraction of sp³-hybridized carbons (Fsp3) is 0.455. The maximum absolute atomic E-state index is 12.6. The summed E-state index contributed by atoms with van der Waals surface area (Å²) in [5, 5.41) is 9.61. The van der Waals surface area contributed by atoms with Crippen LogP contribution in [0.1, 0.15) is 18.5 Å². The number of nitrogens with zero attached hydrogens (tertiary/aromatic N) is 2. The highest BCUT2D eigenvalue weighted by Crippen LogP contribution is 2.43. The molecule has 1 unspecified atom stereocenters. The van der Waals surface area contributed by atoms with Crippen molar-refractivity contribution in [2.24, 2.45) is 5.92 Å². The predicted octanol–water partition coefficient (Wildman–Crippen LogP) is 1.47. The Morgan fingerprint density at radius 3 is 2.78 bits per heavy atom. The van der Waals surface area contributed by atoms with Crippen LogP contribution in [0.5, 0.6) is 0 Å². The van der Waals surface area contributed by atoms with Crippen molar-refractivity contribution in [2.75, 3.05) is 5.73 Å². The average molecular weight is 274 g/mol. The molecule has 2 rings (SSSR count). The number of hydrogen-bond donors (Lipinski definition) is 2. The van der Waals surface area contributed by atoms with E-state index in [-0.39, 0.29) is 29.5 Å². The molecule has 1 atom stereocenters. The first-order valence-corrected chi connectivity index (χ1v) is 5.61. The van der Waals surface area contributed by atoms with E-state index in [9.17, 15) is 13.9 Å². The third-order valence-corrected chi connectivity index (χ3v) is 2.92. The van der Waals surface area contributed by atoms with Crippen LogP contribution < -0.4 is 5.73 Å². The zero-order chi connectivity index (χ0) is 13.3. The number of aromatic nitrogens is 2. The minimum atomic E-state index is -2.67. The first kappa shape index (κ1) is 13.0. The number of rotatable bonds is 1. The Bertz CT molecular complexity index is 519. The lowest BCUT2D eigenvalue weighted by molar-refractivity contribution is -0.131. The van der Waals surface area contributed by atoms with E-state index in [0.717, 1.165) is 0 Å². The topological polar surface area (TPSA) is 72.0 Å². The summed E-state index contributed by atoms with van der Waals surface area (Å²) in [4.78, 5) is 7.56. The van der Waals surface area contributed by atoms with Gasteiger partial charge in [0, 0.05) is 18.8 Å². The number of halogens is 3. The standard InChI is InChI=1S/C11H10ClF2N3O/c12-10-7(16-5-9(15)17-10)1-2-8(18)6-3-11(13,14)4-6/h5-6,8,18H,3-4H2,(H2,15,17). The molecule has 1 fully saturated rings. The van der Waals surface area contributed by atoms with Crippen LogP contribution in [-0.2, 0) is 0 Å². The predicted molar refractivity (Wildman–Crippen MR) is 62.0 cm³/mol. The van der Waals surface area contributed by atoms with E-state index in [0.29, 0.717) is 0 Å². The molecule has 0 amide bonds. The molecule has 4 nitrogen and oxygen atoms in total. The van der Waals surface area contributed by atoms with E-state index in [1.54, 1.807) is 0 Å². The van der Waals surface area contributed by atoms with E-state index in [1.807, 2.05) is 0 Å². The van der Waals surface area contributed by atoms with Gasteiger partial charge in [-0.15, -0.1) is 0 Å². The van der Waals surface area contributed by atoms with Crippen molar-refractivity contribution in [3.63, 3.8) is 0 Å². The maximum Gasteiger partial charge on any atom is 0.249 e. The average Bonchev–Trinajstić information content (AvgIpc) is 2.24. The molecule has 0 bridgehead atoms. The maximum atomic E-state index is 12.6. The molecule has 1 aliphatic carbocycles. The smallest absolute Gasteiger partial charge is 0.249 e. The Morgan fingerprint density at radius 1 is 1.56 bits per heavy atom. The van der Waals surface area contributed by atoms with Gasteiger partial charge in [-0.25, -0.2) is 18.7 Å². The van der Waals surface area contributed by atoms with Crippen molar-refractivity contribution in [3.05, 3.63) is 17.0 Å². The van der Waals surface area contributed by atoms with Gasteiger partial charge in [0.2, 0.25) is 5.92 Å². The SMILES string of the molecule is Nc1cnc(C#CC(O)C2CC(F)(F)C2)c(Cl)n1. The number of nitrogens with two attached hydrogens (primary N) is 1. The molecule has 1 saturated carbocycles. The van der Waals surface area contributed by atoms with Crippen LogP contribution in [0.4, 0.5) is 14.6 Å². The van der Waals surface area contributed by atoms with E-state index in [1.165, 1.54) is 6.20 Å². The third-order valence-electron chi connectivity index (χ3n) is 2.66. The first-order valence-electron chi connectivity index (χ1n) is 5.23. The lowest BCUT2D eigenvalue weighted by Crippen LogP contribution is -2.41. The summed E-state index contributed by atoms with van der Waals surface area (Å²) in [6, 6.07) is 0. The van der Waals surface area contributed by atoms with Gasteiger partial charge in [-0.2, -0.15) is 0 Å². The first-order chi connectivity index (χ1) is 8.37. The second-order valence-electron chi connectivity index (χ2n) is 4.17. The molecule has 1 aromatic heterocycles. The minimum Gasteiger partial charge on any atom is -0.382 e. The van der Waals surface area contributed by atoms with E-state index < -0.39 is 17.9 Å². The van der Waals surface area contributed by atoms with Crippen LogP contribution in [0.2, 0.25) is 5.15 Å². The van der Waals surface area contributed by atoms with Crippen LogP contribution in [-0.4, -0.2) is 27.1 Å². The van der Waals surface area contributed by atoms with Crippen LogP contribution in [0.15, 0.2) is 6.20 Å². The summed E-state index contributed by atoms with van der Waals surface area (Å²) in [5.74, 6) is 1.93. The molecule has 0 radical (unpaired) electrons. The molecule has 96 valence electrons. The largest absolute Gasteiger partial charge is 0.382 e. The van der Waals surface area contributed by atoms with Gasteiger partial charge in [0.1, 0.15) is 11.9 Å². The monoisotopic (exact) mass is 273 g/mol. The summed E-state index contributed by atoms with van der Waals surface area (Å²) in [6.07, 6.45) is -0.520. The van der Waals surface area contributed by atoms with Crippen LogP contribution in [0.25, 0.3) is 0 Å². The zero-order valence-corrected chi connectivity index (χ0v) is 9.96. The number of aliphatic hydroxyl groups excluding tert-OH is 1. The van der Waals surface area contributed by atoms with Gasteiger partial charge in [0.15, 0.2) is 10.8 Å². The van der Waals surface area contributed by atoms with Crippen molar-refractivity contribution < 1.29 is 13.9 Å². The summed E-state index contributed by atoms with van der Waals surface area (Å²) in [5.41, 5.74) is 5.52. The molecule has 18 heavy (non-hydrogen) atoms. The molecular formula is C11H10ClF2N3O. The van der Waals surface area contributed by atoms with Gasteiger partial charge < -0.3 is 10.8 Å². The second kappa shape index (κ2) is 4.67. The number of nitrogen functional groups attached to an aromatic ring is 1. The highest BCUT2D eigenvalue weighted by molar-refractivity contribution is 6.30. The number of anilines is 1. The second-order valence-corrected chi connectivity index (χ2v) is 4.53. The molecule has 0 spiro atoms. The third kappa shape index (κ3) is 2.86.